The number of nitrogens with zero attached hydrogens (tertiary/aromatic N) is 2. The third kappa shape index (κ3) is 6.70. The molecule has 1 aliphatic heterocycles. The minimum atomic E-state index is -1.09. The lowest BCUT2D eigenvalue weighted by Crippen LogP contribution is -2.51. The Labute approximate surface area is 188 Å². The maximum absolute atomic E-state index is 13.1. The largest absolute Gasteiger partial charge is 0.481 e. The zero-order valence-corrected chi connectivity index (χ0v) is 19.3. The summed E-state index contributed by atoms with van der Waals surface area (Å²) in [7, 11) is 2.85. The van der Waals surface area contributed by atoms with Crippen LogP contribution in [0.15, 0.2) is 18.2 Å². The fourth-order valence-corrected chi connectivity index (χ4v) is 3.58. The van der Waals surface area contributed by atoms with Gasteiger partial charge in [0.25, 0.3) is 0 Å². The SMILES string of the molecule is COC(=O)CC1C(=O)N(C)Cc2cc(CCCCC(=O)O)ccc2N1C(=O)OC(C)(C)C. The third-order valence-electron chi connectivity index (χ3n) is 5.07. The molecule has 1 N–H and O–H groups in total. The van der Waals surface area contributed by atoms with Crippen LogP contribution in [0.4, 0.5) is 10.5 Å². The number of unbranched alkanes of at least 4 members (excludes halogenated alkanes) is 1. The third-order valence-corrected chi connectivity index (χ3v) is 5.07. The fraction of sp³-hybridized carbons (Fsp3) is 0.565. The predicted octanol–water partition coefficient (Wildman–Crippen LogP) is 3.13. The summed E-state index contributed by atoms with van der Waals surface area (Å²) in [6, 6.07) is 4.42. The van der Waals surface area contributed by atoms with Crippen LogP contribution < -0.4 is 4.90 Å². The first kappa shape index (κ1) is 25.2. The zero-order chi connectivity index (χ0) is 24.1. The molecule has 2 rings (SSSR count). The molecule has 0 aliphatic carbocycles. The molecule has 2 amide bonds. The van der Waals surface area contributed by atoms with Gasteiger partial charge >= 0.3 is 18.0 Å². The first-order valence-corrected chi connectivity index (χ1v) is 10.6. The number of hydrogen-bond donors (Lipinski definition) is 1. The number of aryl methyl sites for hydroxylation is 1. The van der Waals surface area contributed by atoms with Crippen molar-refractivity contribution in [3.05, 3.63) is 29.3 Å². The second kappa shape index (κ2) is 10.5. The first-order valence-electron chi connectivity index (χ1n) is 10.6. The van der Waals surface area contributed by atoms with Crippen molar-refractivity contribution in [2.24, 2.45) is 0 Å². The van der Waals surface area contributed by atoms with Gasteiger partial charge < -0.3 is 19.5 Å². The number of aliphatic carboxylic acids is 1. The van der Waals surface area contributed by atoms with Crippen LogP contribution in [0.1, 0.15) is 57.6 Å². The maximum Gasteiger partial charge on any atom is 0.415 e. The molecule has 9 nitrogen and oxygen atoms in total. The van der Waals surface area contributed by atoms with E-state index in [1.807, 2.05) is 12.1 Å². The highest BCUT2D eigenvalue weighted by Crippen LogP contribution is 2.32. The lowest BCUT2D eigenvalue weighted by Gasteiger charge is -2.32. The lowest BCUT2D eigenvalue weighted by atomic mass is 10.0. The summed E-state index contributed by atoms with van der Waals surface area (Å²) in [6.07, 6.45) is 1.05. The quantitative estimate of drug-likeness (QED) is 0.503. The second-order valence-corrected chi connectivity index (χ2v) is 8.90. The number of benzene rings is 1. The Kier molecular flexibility index (Phi) is 8.24. The van der Waals surface area contributed by atoms with Crippen molar-refractivity contribution >= 4 is 29.6 Å². The molecule has 1 atom stereocenters. The molecule has 1 unspecified atom stereocenters. The summed E-state index contributed by atoms with van der Waals surface area (Å²) < 4.78 is 10.3. The molecule has 9 heteroatoms. The highest BCUT2D eigenvalue weighted by atomic mass is 16.6. The van der Waals surface area contributed by atoms with E-state index in [0.29, 0.717) is 24.9 Å². The molecule has 0 radical (unpaired) electrons. The Hall–Kier alpha value is -3.10. The topological polar surface area (TPSA) is 113 Å². The number of amides is 2. The Morgan fingerprint density at radius 2 is 1.88 bits per heavy atom. The smallest absolute Gasteiger partial charge is 0.415 e. The number of anilines is 1. The molecule has 1 aliphatic rings. The summed E-state index contributed by atoms with van der Waals surface area (Å²) in [6.45, 7) is 5.45. The van der Waals surface area contributed by atoms with E-state index in [0.717, 1.165) is 11.1 Å². The number of ether oxygens (including phenoxy) is 2. The number of carbonyl (C=O) groups excluding carboxylic acids is 3. The molecular formula is C23H32N2O7. The van der Waals surface area contributed by atoms with Gasteiger partial charge in [0.05, 0.1) is 19.2 Å². The van der Waals surface area contributed by atoms with Crippen LogP contribution in [-0.2, 0) is 36.8 Å². The van der Waals surface area contributed by atoms with Gasteiger partial charge in [0.15, 0.2) is 0 Å². The molecule has 32 heavy (non-hydrogen) atoms. The van der Waals surface area contributed by atoms with Crippen LogP contribution in [0.25, 0.3) is 0 Å². The van der Waals surface area contributed by atoms with Gasteiger partial charge in [-0.25, -0.2) is 4.79 Å². The fourth-order valence-electron chi connectivity index (χ4n) is 3.58. The number of esters is 1. The van der Waals surface area contributed by atoms with Gasteiger partial charge in [-0.05, 0) is 57.2 Å². The van der Waals surface area contributed by atoms with E-state index in [1.165, 1.54) is 16.9 Å². The van der Waals surface area contributed by atoms with Crippen molar-refractivity contribution in [3.8, 4) is 0 Å². The number of methoxy groups -OCH3 is 1. The van der Waals surface area contributed by atoms with Gasteiger partial charge in [-0.2, -0.15) is 0 Å². The van der Waals surface area contributed by atoms with Gasteiger partial charge in [0.2, 0.25) is 5.91 Å². The molecule has 1 heterocycles. The molecule has 0 aromatic heterocycles. The Morgan fingerprint density at radius 3 is 2.47 bits per heavy atom. The lowest BCUT2D eigenvalue weighted by molar-refractivity contribution is -0.144. The van der Waals surface area contributed by atoms with Gasteiger partial charge in [0.1, 0.15) is 11.6 Å². The van der Waals surface area contributed by atoms with E-state index < -0.39 is 29.7 Å². The number of carbonyl (C=O) groups is 4. The van der Waals surface area contributed by atoms with E-state index in [9.17, 15) is 19.2 Å². The number of carboxylic acid groups (broad SMARTS) is 1. The van der Waals surface area contributed by atoms with Crippen molar-refractivity contribution in [2.45, 2.75) is 71.1 Å². The Balaban J connectivity index is 2.43. The molecule has 1 aromatic rings. The summed E-state index contributed by atoms with van der Waals surface area (Å²) in [5.74, 6) is -1.82. The predicted molar refractivity (Wildman–Crippen MR) is 117 cm³/mol. The van der Waals surface area contributed by atoms with Crippen LogP contribution in [0.3, 0.4) is 0 Å². The van der Waals surface area contributed by atoms with Crippen LogP contribution >= 0.6 is 0 Å². The number of fused-ring (bicyclic) bond motifs is 1. The van der Waals surface area contributed by atoms with Crippen molar-refractivity contribution in [3.63, 3.8) is 0 Å². The van der Waals surface area contributed by atoms with Crippen molar-refractivity contribution < 1.29 is 33.8 Å². The monoisotopic (exact) mass is 448 g/mol. The van der Waals surface area contributed by atoms with E-state index in [4.69, 9.17) is 14.6 Å². The highest BCUT2D eigenvalue weighted by molar-refractivity contribution is 6.01. The van der Waals surface area contributed by atoms with E-state index >= 15 is 0 Å². The average molecular weight is 449 g/mol. The maximum atomic E-state index is 13.1. The molecule has 176 valence electrons. The average Bonchev–Trinajstić information content (AvgIpc) is 2.78. The summed E-state index contributed by atoms with van der Waals surface area (Å²) in [5, 5.41) is 8.80. The van der Waals surface area contributed by atoms with Gasteiger partial charge in [0, 0.05) is 20.0 Å². The first-order chi connectivity index (χ1) is 14.9. The van der Waals surface area contributed by atoms with Crippen LogP contribution in [0, 0.1) is 0 Å². The van der Waals surface area contributed by atoms with Crippen LogP contribution in [-0.4, -0.2) is 59.7 Å². The van der Waals surface area contributed by atoms with Crippen LogP contribution in [0.2, 0.25) is 0 Å². The molecule has 0 saturated carbocycles. The minimum absolute atomic E-state index is 0.115. The van der Waals surface area contributed by atoms with Gasteiger partial charge in [-0.3, -0.25) is 19.3 Å². The molecule has 0 spiro atoms. The number of likely N-dealkylation sites (N-methyl/N-ethyl adjacent to an activating group) is 1. The van der Waals surface area contributed by atoms with Crippen LogP contribution in [0.5, 0.6) is 0 Å². The van der Waals surface area contributed by atoms with Gasteiger partial charge in [-0.15, -0.1) is 0 Å². The normalized spacial score (nSPS) is 16.3. The molecule has 0 saturated heterocycles. The highest BCUT2D eigenvalue weighted by Gasteiger charge is 2.40. The molecule has 0 bridgehead atoms. The minimum Gasteiger partial charge on any atom is -0.481 e. The number of hydrogen-bond acceptors (Lipinski definition) is 6. The summed E-state index contributed by atoms with van der Waals surface area (Å²) in [4.78, 5) is 51.8. The van der Waals surface area contributed by atoms with E-state index in [2.05, 4.69) is 0 Å². The number of rotatable bonds is 7. The van der Waals surface area contributed by atoms with E-state index in [-0.39, 0.29) is 25.3 Å². The van der Waals surface area contributed by atoms with Crippen molar-refractivity contribution in [1.29, 1.82) is 0 Å². The van der Waals surface area contributed by atoms with Gasteiger partial charge in [-0.1, -0.05) is 12.1 Å². The standard InChI is InChI=1S/C23H32N2O7/c1-23(2,3)32-22(30)25-17-11-10-15(8-6-7-9-19(26)27)12-16(17)14-24(4)21(29)18(25)13-20(28)31-5/h10-12,18H,6-9,13-14H2,1-5H3,(H,26,27). The zero-order valence-electron chi connectivity index (χ0n) is 19.3. The summed E-state index contributed by atoms with van der Waals surface area (Å²) >= 11 is 0. The number of carboxylic acids is 1. The Morgan fingerprint density at radius 1 is 1.19 bits per heavy atom. The van der Waals surface area contributed by atoms with Crippen molar-refractivity contribution in [2.75, 3.05) is 19.1 Å². The Bertz CT molecular complexity index is 876. The summed E-state index contributed by atoms with van der Waals surface area (Å²) in [5.41, 5.74) is 1.43. The molecular weight excluding hydrogens is 416 g/mol. The van der Waals surface area contributed by atoms with E-state index in [1.54, 1.807) is 33.9 Å². The molecule has 0 fully saturated rings. The van der Waals surface area contributed by atoms with Crippen molar-refractivity contribution in [1.82, 2.24) is 4.90 Å². The molecule has 1 aromatic carbocycles. The second-order valence-electron chi connectivity index (χ2n) is 8.90.